The molecule has 0 saturated heterocycles. The van der Waals surface area contributed by atoms with Crippen molar-refractivity contribution >= 4 is 0 Å². The zero-order chi connectivity index (χ0) is 9.90. The molecule has 1 radical (unpaired) electrons. The van der Waals surface area contributed by atoms with E-state index in [1.165, 1.54) is 0 Å². The van der Waals surface area contributed by atoms with Crippen LogP contribution in [0.2, 0.25) is 0 Å². The first-order chi connectivity index (χ1) is 7.00. The van der Waals surface area contributed by atoms with Crippen LogP contribution in [-0.2, 0) is 0 Å². The third kappa shape index (κ3) is 6.24. The Morgan fingerprint density at radius 1 is 0.643 bits per heavy atom. The van der Waals surface area contributed by atoms with Crippen LogP contribution in [0.5, 0.6) is 0 Å². The molecule has 1 aliphatic rings. The number of hydrogen-bond acceptors (Lipinski definition) is 0. The third-order valence-electron chi connectivity index (χ3n) is 1.91. The Kier molecular flexibility index (Phi) is 6.39. The van der Waals surface area contributed by atoms with Crippen molar-refractivity contribution in [3.8, 4) is 0 Å². The Bertz CT molecular complexity index is 234. The van der Waals surface area contributed by atoms with E-state index in [9.17, 15) is 0 Å². The average Bonchev–Trinajstić information content (AvgIpc) is 2.22. The van der Waals surface area contributed by atoms with Gasteiger partial charge in [-0.05, 0) is 31.8 Å². The van der Waals surface area contributed by atoms with Gasteiger partial charge in [-0.3, -0.25) is 0 Å². The molecule has 1 rings (SSSR count). The van der Waals surface area contributed by atoms with Gasteiger partial charge in [0.25, 0.3) is 0 Å². The number of rotatable bonds is 0. The van der Waals surface area contributed by atoms with Gasteiger partial charge in [0.2, 0.25) is 0 Å². The number of allylic oxidation sites excluding steroid dienone is 10. The van der Waals surface area contributed by atoms with E-state index in [-0.39, 0.29) is 0 Å². The minimum atomic E-state index is 0.998. The summed E-state index contributed by atoms with van der Waals surface area (Å²) in [7, 11) is 0. The van der Waals surface area contributed by atoms with Crippen LogP contribution in [0.15, 0.2) is 54.7 Å². The minimum Gasteiger partial charge on any atom is -0.0842 e. The van der Waals surface area contributed by atoms with Crippen LogP contribution in [0.25, 0.3) is 0 Å². The molecule has 0 fully saturated rings. The van der Waals surface area contributed by atoms with Gasteiger partial charge < -0.3 is 0 Å². The first-order valence-electron chi connectivity index (χ1n) is 5.20. The lowest BCUT2D eigenvalue weighted by Gasteiger charge is -1.86. The lowest BCUT2D eigenvalue weighted by molar-refractivity contribution is 1.02. The highest BCUT2D eigenvalue weighted by Crippen LogP contribution is 1.97. The summed E-state index contributed by atoms with van der Waals surface area (Å²) in [4.78, 5) is 0. The van der Waals surface area contributed by atoms with E-state index < -0.39 is 0 Å². The zero-order valence-corrected chi connectivity index (χ0v) is 8.52. The average molecular weight is 185 g/mol. The second-order valence-electron chi connectivity index (χ2n) is 3.16. The zero-order valence-electron chi connectivity index (χ0n) is 8.52. The van der Waals surface area contributed by atoms with E-state index in [4.69, 9.17) is 0 Å². The Labute approximate surface area is 87.0 Å². The molecule has 0 aromatic rings. The molecular formula is C14H17. The molecule has 0 spiro atoms. The normalized spacial score (nSPS) is 29.7. The molecule has 0 aromatic carbocycles. The summed E-state index contributed by atoms with van der Waals surface area (Å²) in [6.07, 6.45) is 26.5. The fourth-order valence-corrected chi connectivity index (χ4v) is 1.15. The van der Waals surface area contributed by atoms with Gasteiger partial charge in [0.1, 0.15) is 0 Å². The predicted molar refractivity (Wildman–Crippen MR) is 62.8 cm³/mol. The summed E-state index contributed by atoms with van der Waals surface area (Å²) < 4.78 is 0. The molecule has 0 unspecified atom stereocenters. The standard InChI is InChI=1S/C14H17/c1-2-4-6-8-10-12-14-13-11-9-7-5-3-1/h1-5,10,12-14H,6,8-9,11H2/b3-1-,4-2+,7-5?,12-10+,14-13-. The molecule has 0 heterocycles. The SMILES string of the molecule is [C]1=C/C=C\C=C\CC/C=C/C=C\CC/1. The first-order valence-corrected chi connectivity index (χ1v) is 5.20. The van der Waals surface area contributed by atoms with Crippen molar-refractivity contribution in [1.82, 2.24) is 0 Å². The van der Waals surface area contributed by atoms with Crippen molar-refractivity contribution in [3.05, 3.63) is 60.8 Å². The molecule has 0 N–H and O–H groups in total. The van der Waals surface area contributed by atoms with E-state index in [0.717, 1.165) is 25.7 Å². The summed E-state index contributed by atoms with van der Waals surface area (Å²) in [5.74, 6) is 0. The van der Waals surface area contributed by atoms with Gasteiger partial charge in [-0.1, -0.05) is 54.7 Å². The van der Waals surface area contributed by atoms with Crippen LogP contribution in [0.1, 0.15) is 25.7 Å². The lowest BCUT2D eigenvalue weighted by Crippen LogP contribution is -1.67. The van der Waals surface area contributed by atoms with E-state index in [1.54, 1.807) is 0 Å². The van der Waals surface area contributed by atoms with E-state index in [0.29, 0.717) is 0 Å². The molecule has 0 aromatic heterocycles. The van der Waals surface area contributed by atoms with Crippen LogP contribution in [0.4, 0.5) is 0 Å². The second kappa shape index (κ2) is 8.31. The lowest BCUT2D eigenvalue weighted by atomic mass is 10.2. The molecule has 0 bridgehead atoms. The predicted octanol–water partition coefficient (Wildman–Crippen LogP) is 4.14. The largest absolute Gasteiger partial charge is 0.0842 e. The van der Waals surface area contributed by atoms with Crippen LogP contribution >= 0.6 is 0 Å². The highest BCUT2D eigenvalue weighted by atomic mass is 13.8. The van der Waals surface area contributed by atoms with E-state index in [2.05, 4.69) is 48.6 Å². The highest BCUT2D eigenvalue weighted by Gasteiger charge is 1.77. The van der Waals surface area contributed by atoms with Crippen molar-refractivity contribution in [2.45, 2.75) is 25.7 Å². The van der Waals surface area contributed by atoms with Gasteiger partial charge in [0, 0.05) is 0 Å². The molecule has 0 heteroatoms. The summed E-state index contributed by atoms with van der Waals surface area (Å²) in [5, 5.41) is 0. The van der Waals surface area contributed by atoms with Crippen molar-refractivity contribution in [3.63, 3.8) is 0 Å². The van der Waals surface area contributed by atoms with Gasteiger partial charge in [0.05, 0.1) is 0 Å². The molecule has 0 nitrogen and oxygen atoms in total. The van der Waals surface area contributed by atoms with Gasteiger partial charge in [-0.25, -0.2) is 0 Å². The van der Waals surface area contributed by atoms with Gasteiger partial charge in [0.15, 0.2) is 0 Å². The van der Waals surface area contributed by atoms with Gasteiger partial charge >= 0.3 is 0 Å². The highest BCUT2D eigenvalue weighted by molar-refractivity contribution is 5.10. The van der Waals surface area contributed by atoms with Gasteiger partial charge in [-0.15, -0.1) is 0 Å². The first kappa shape index (κ1) is 10.8. The summed E-state index contributed by atoms with van der Waals surface area (Å²) >= 11 is 0. The van der Waals surface area contributed by atoms with Crippen molar-refractivity contribution in [2.24, 2.45) is 0 Å². The van der Waals surface area contributed by atoms with Crippen LogP contribution in [0.3, 0.4) is 0 Å². The van der Waals surface area contributed by atoms with Crippen molar-refractivity contribution in [1.29, 1.82) is 0 Å². The summed E-state index contributed by atoms with van der Waals surface area (Å²) in [6.45, 7) is 0. The monoisotopic (exact) mass is 185 g/mol. The van der Waals surface area contributed by atoms with Crippen LogP contribution in [-0.4, -0.2) is 0 Å². The Hall–Kier alpha value is -1.30. The molecule has 0 saturated carbocycles. The molecule has 73 valence electrons. The van der Waals surface area contributed by atoms with E-state index >= 15 is 0 Å². The second-order valence-corrected chi connectivity index (χ2v) is 3.16. The van der Waals surface area contributed by atoms with Crippen molar-refractivity contribution in [2.75, 3.05) is 0 Å². The fraction of sp³-hybridized carbons (Fsp3) is 0.286. The van der Waals surface area contributed by atoms with Crippen molar-refractivity contribution < 1.29 is 0 Å². The molecule has 1 aliphatic carbocycles. The molecule has 0 aliphatic heterocycles. The fourth-order valence-electron chi connectivity index (χ4n) is 1.15. The van der Waals surface area contributed by atoms with Crippen LogP contribution < -0.4 is 0 Å². The quantitative estimate of drug-likeness (QED) is 0.532. The summed E-state index contributed by atoms with van der Waals surface area (Å²) in [5.41, 5.74) is 0. The topological polar surface area (TPSA) is 0 Å². The smallest absolute Gasteiger partial charge is 0.0241 e. The van der Waals surface area contributed by atoms with Crippen LogP contribution in [0, 0.1) is 6.08 Å². The maximum Gasteiger partial charge on any atom is -0.0241 e. The molecule has 14 heavy (non-hydrogen) atoms. The third-order valence-corrected chi connectivity index (χ3v) is 1.91. The minimum absolute atomic E-state index is 0.998. The Balaban J connectivity index is 2.45. The molecule has 0 amide bonds. The molecule has 0 atom stereocenters. The maximum absolute atomic E-state index is 3.22. The Morgan fingerprint density at radius 3 is 2.07 bits per heavy atom. The van der Waals surface area contributed by atoms with Gasteiger partial charge in [-0.2, -0.15) is 0 Å². The molecular weight excluding hydrogens is 168 g/mol. The maximum atomic E-state index is 3.22. The Morgan fingerprint density at radius 2 is 1.29 bits per heavy atom. The summed E-state index contributed by atoms with van der Waals surface area (Å²) in [6, 6.07) is 0. The number of hydrogen-bond donors (Lipinski definition) is 0. The van der Waals surface area contributed by atoms with E-state index in [1.807, 2.05) is 12.2 Å².